The van der Waals surface area contributed by atoms with Crippen molar-refractivity contribution in [3.8, 4) is 0 Å². The first-order chi connectivity index (χ1) is 21.2. The molecule has 0 aliphatic carbocycles. The maximum Gasteiger partial charge on any atom is 0.187 e. The van der Waals surface area contributed by atoms with E-state index in [0.717, 1.165) is 0 Å². The molecule has 264 valence electrons. The van der Waals surface area contributed by atoms with Gasteiger partial charge < -0.3 is 105 Å². The molecule has 3 aliphatic heterocycles. The number of hydrogen-bond donors (Lipinski definition) is 14. The largest absolute Gasteiger partial charge is 0.394 e. The molecule has 0 amide bonds. The van der Waals surface area contributed by atoms with Crippen LogP contribution in [-0.4, -0.2) is 221 Å². The van der Waals surface area contributed by atoms with Gasteiger partial charge in [-0.2, -0.15) is 0 Å². The van der Waals surface area contributed by atoms with Gasteiger partial charge in [0.1, 0.15) is 97.7 Å². The zero-order valence-electron chi connectivity index (χ0n) is 23.5. The summed E-state index contributed by atoms with van der Waals surface area (Å²) in [6, 6.07) is 0. The molecule has 3 saturated heterocycles. The number of aliphatic hydroxyl groups excluding tert-OH is 14. The van der Waals surface area contributed by atoms with Crippen molar-refractivity contribution < 1.29 is 105 Å². The van der Waals surface area contributed by atoms with Crippen LogP contribution in [0.25, 0.3) is 0 Å². The Kier molecular flexibility index (Phi) is 14.3. The summed E-state index contributed by atoms with van der Waals surface area (Å²) >= 11 is 0. The fraction of sp³-hybridized carbons (Fsp3) is 0.958. The monoisotopic (exact) mass is 666 g/mol. The number of aldehydes is 1. The van der Waals surface area contributed by atoms with Gasteiger partial charge in [-0.05, 0) is 0 Å². The summed E-state index contributed by atoms with van der Waals surface area (Å²) in [5.74, 6) is 0. The lowest BCUT2D eigenvalue weighted by atomic mass is 9.96. The molecule has 3 heterocycles. The first-order valence-electron chi connectivity index (χ1n) is 13.9. The molecule has 0 aromatic rings. The van der Waals surface area contributed by atoms with Crippen molar-refractivity contribution in [2.45, 2.75) is 117 Å². The second-order valence-electron chi connectivity index (χ2n) is 10.8. The normalized spacial score (nSPS) is 45.4. The lowest BCUT2D eigenvalue weighted by Gasteiger charge is -2.48. The van der Waals surface area contributed by atoms with Crippen molar-refractivity contribution in [2.24, 2.45) is 0 Å². The molecule has 0 radical (unpaired) electrons. The Labute approximate surface area is 254 Å². The molecule has 0 bridgehead atoms. The molecular weight excluding hydrogens is 624 g/mol. The van der Waals surface area contributed by atoms with Crippen molar-refractivity contribution in [1.82, 2.24) is 0 Å². The van der Waals surface area contributed by atoms with E-state index in [1.807, 2.05) is 0 Å². The lowest BCUT2D eigenvalue weighted by Crippen LogP contribution is -2.67. The molecule has 21 heteroatoms. The molecule has 21 nitrogen and oxygen atoms in total. The Morgan fingerprint density at radius 3 is 1.60 bits per heavy atom. The van der Waals surface area contributed by atoms with E-state index < -0.39 is 143 Å². The van der Waals surface area contributed by atoms with E-state index in [1.165, 1.54) is 0 Å². The summed E-state index contributed by atoms with van der Waals surface area (Å²) in [6.45, 7) is -3.74. The van der Waals surface area contributed by atoms with Gasteiger partial charge in [-0.15, -0.1) is 0 Å². The van der Waals surface area contributed by atoms with Crippen LogP contribution in [0.4, 0.5) is 0 Å². The zero-order valence-corrected chi connectivity index (χ0v) is 23.5. The van der Waals surface area contributed by atoms with Crippen LogP contribution in [-0.2, 0) is 33.2 Å². The minimum Gasteiger partial charge on any atom is -0.394 e. The Balaban J connectivity index is 1.78. The summed E-state index contributed by atoms with van der Waals surface area (Å²) in [5.41, 5.74) is 0. The number of ether oxygens (including phenoxy) is 6. The van der Waals surface area contributed by atoms with Gasteiger partial charge in [-0.1, -0.05) is 0 Å². The Bertz CT molecular complexity index is 897. The highest BCUT2D eigenvalue weighted by Crippen LogP contribution is 2.33. The van der Waals surface area contributed by atoms with Crippen molar-refractivity contribution in [1.29, 1.82) is 0 Å². The maximum absolute atomic E-state index is 11.0. The molecule has 3 rings (SSSR count). The third-order valence-corrected chi connectivity index (χ3v) is 7.76. The number of carbonyl (C=O) groups excluding carboxylic acids is 1. The average Bonchev–Trinajstić information content (AvgIpc) is 3.04. The molecule has 3 aliphatic rings. The first-order valence-corrected chi connectivity index (χ1v) is 13.9. The van der Waals surface area contributed by atoms with E-state index in [9.17, 15) is 76.3 Å². The van der Waals surface area contributed by atoms with Crippen molar-refractivity contribution in [3.63, 3.8) is 0 Å². The summed E-state index contributed by atoms with van der Waals surface area (Å²) in [4.78, 5) is 10.9. The first kappa shape index (κ1) is 38.3. The number of hydrogen-bond acceptors (Lipinski definition) is 21. The highest BCUT2D eigenvalue weighted by Gasteiger charge is 2.54. The van der Waals surface area contributed by atoms with Crippen LogP contribution < -0.4 is 0 Å². The highest BCUT2D eigenvalue weighted by atomic mass is 16.8. The second-order valence-corrected chi connectivity index (χ2v) is 10.8. The minimum absolute atomic E-state index is 0.0981. The van der Waals surface area contributed by atoms with Gasteiger partial charge in [0.05, 0.1) is 26.4 Å². The van der Waals surface area contributed by atoms with Crippen LogP contribution in [0.15, 0.2) is 0 Å². The highest BCUT2D eigenvalue weighted by molar-refractivity contribution is 5.56. The third kappa shape index (κ3) is 8.30. The van der Waals surface area contributed by atoms with Crippen LogP contribution in [0.5, 0.6) is 0 Å². The molecule has 0 aromatic carbocycles. The molecule has 19 atom stereocenters. The summed E-state index contributed by atoms with van der Waals surface area (Å²) < 4.78 is 32.3. The fourth-order valence-electron chi connectivity index (χ4n) is 5.08. The number of rotatable bonds is 14. The zero-order chi connectivity index (χ0) is 33.7. The Morgan fingerprint density at radius 1 is 0.578 bits per heavy atom. The maximum atomic E-state index is 11.0. The second kappa shape index (κ2) is 16.8. The SMILES string of the molecule is O=C[C@H](O)[C@@H](O)[C@H](O[C@@H]1O[C@H](CO)[C@@H](O[C@@H]2O[C@H](CO)[C@@H](O)[C@H](O[C@@H]3O[C@H](CO)[C@@H](O)[C@H](O)[C@H]3O)[C@H]2O)[C@H](O)[C@H]1O)[C@H](O)CO. The van der Waals surface area contributed by atoms with Gasteiger partial charge in [0.25, 0.3) is 0 Å². The van der Waals surface area contributed by atoms with Gasteiger partial charge in [-0.3, -0.25) is 0 Å². The topological polar surface area (TPSA) is 356 Å². The van der Waals surface area contributed by atoms with Crippen molar-refractivity contribution in [2.75, 3.05) is 26.4 Å². The standard InChI is InChI=1S/C24H42O21/c25-1-6(30)11(32)19(7(31)2-26)43-23-17(38)15(36)20(10(5-29)42-23)44-24-18(39)21(13(34)9(4-28)41-24)45-22-16(37)14(35)12(33)8(3-27)40-22/h1,6-24,26-39H,2-5H2/t6-,7+,8+,9+,10+,11+,12+,13+,14-,15+,16+,17+,18+,19+,20+,21-,22-,23-,24-/m0/s1. The average molecular weight is 667 g/mol. The lowest BCUT2D eigenvalue weighted by molar-refractivity contribution is -0.384. The van der Waals surface area contributed by atoms with E-state index >= 15 is 0 Å². The smallest absolute Gasteiger partial charge is 0.187 e. The Hall–Kier alpha value is -1.13. The third-order valence-electron chi connectivity index (χ3n) is 7.76. The van der Waals surface area contributed by atoms with Crippen molar-refractivity contribution in [3.05, 3.63) is 0 Å². The number of aliphatic hydroxyl groups is 14. The Morgan fingerprint density at radius 2 is 1.07 bits per heavy atom. The number of carbonyl (C=O) groups is 1. The van der Waals surface area contributed by atoms with Gasteiger partial charge in [0.15, 0.2) is 25.2 Å². The fourth-order valence-corrected chi connectivity index (χ4v) is 5.08. The van der Waals surface area contributed by atoms with Crippen LogP contribution in [0, 0.1) is 0 Å². The predicted molar refractivity (Wildman–Crippen MR) is 135 cm³/mol. The molecular formula is C24H42O21. The van der Waals surface area contributed by atoms with E-state index in [0.29, 0.717) is 0 Å². The van der Waals surface area contributed by atoms with Crippen LogP contribution >= 0.6 is 0 Å². The molecule has 45 heavy (non-hydrogen) atoms. The molecule has 0 saturated carbocycles. The molecule has 3 fully saturated rings. The van der Waals surface area contributed by atoms with Gasteiger partial charge in [0.2, 0.25) is 0 Å². The minimum atomic E-state index is -2.15. The van der Waals surface area contributed by atoms with Gasteiger partial charge in [0, 0.05) is 0 Å². The molecule has 0 spiro atoms. The van der Waals surface area contributed by atoms with Gasteiger partial charge in [-0.25, -0.2) is 0 Å². The predicted octanol–water partition coefficient (Wildman–Crippen LogP) is -9.91. The van der Waals surface area contributed by atoms with E-state index in [1.54, 1.807) is 0 Å². The van der Waals surface area contributed by atoms with Crippen LogP contribution in [0.1, 0.15) is 0 Å². The van der Waals surface area contributed by atoms with Crippen LogP contribution in [0.2, 0.25) is 0 Å². The van der Waals surface area contributed by atoms with Crippen LogP contribution in [0.3, 0.4) is 0 Å². The summed E-state index contributed by atoms with van der Waals surface area (Å²) in [5, 5.41) is 142. The van der Waals surface area contributed by atoms with E-state index in [-0.39, 0.29) is 6.29 Å². The van der Waals surface area contributed by atoms with E-state index in [2.05, 4.69) is 0 Å². The molecule has 14 N–H and O–H groups in total. The molecule has 0 unspecified atom stereocenters. The van der Waals surface area contributed by atoms with Crippen molar-refractivity contribution >= 4 is 6.29 Å². The summed E-state index contributed by atoms with van der Waals surface area (Å²) in [7, 11) is 0. The summed E-state index contributed by atoms with van der Waals surface area (Å²) in [6.07, 6.45) is -35.9. The quantitative estimate of drug-likeness (QED) is 0.0765. The van der Waals surface area contributed by atoms with Gasteiger partial charge >= 0.3 is 0 Å². The molecule has 0 aromatic heterocycles. The van der Waals surface area contributed by atoms with E-state index in [4.69, 9.17) is 28.4 Å².